The van der Waals surface area contributed by atoms with Gasteiger partial charge in [0.15, 0.2) is 0 Å². The van der Waals surface area contributed by atoms with E-state index >= 15 is 0 Å². The summed E-state index contributed by atoms with van der Waals surface area (Å²) in [5, 5.41) is 6.91. The zero-order chi connectivity index (χ0) is 22.4. The number of hydrogen-bond acceptors (Lipinski definition) is 6. The summed E-state index contributed by atoms with van der Waals surface area (Å²) in [6.07, 6.45) is 6.13. The van der Waals surface area contributed by atoms with E-state index in [4.69, 9.17) is 0 Å². The molecule has 0 atom stereocenters. The van der Waals surface area contributed by atoms with Gasteiger partial charge in [0.1, 0.15) is 12.7 Å². The Balaban J connectivity index is 1.33. The Hall–Kier alpha value is -4.05. The molecule has 0 saturated heterocycles. The van der Waals surface area contributed by atoms with Crippen LogP contribution in [0.2, 0.25) is 0 Å². The van der Waals surface area contributed by atoms with Gasteiger partial charge in [-0.25, -0.2) is 18.1 Å². The minimum absolute atomic E-state index is 0.0637. The first-order valence-electron chi connectivity index (χ1n) is 9.71. The van der Waals surface area contributed by atoms with Gasteiger partial charge in [-0.05, 0) is 47.5 Å². The second-order valence-electron chi connectivity index (χ2n) is 6.96. The number of carbonyl (C=O) groups is 1. The molecule has 4 aromatic rings. The van der Waals surface area contributed by atoms with Gasteiger partial charge >= 0.3 is 0 Å². The lowest BCUT2D eigenvalue weighted by molar-refractivity contribution is 0.0951. The zero-order valence-corrected chi connectivity index (χ0v) is 17.7. The van der Waals surface area contributed by atoms with E-state index < -0.39 is 10.0 Å². The number of amides is 1. The SMILES string of the molecule is O=C(NCc1ccc(Cn2cncn2)cc1)c1ccc(S(=O)(=O)Nc2ccncc2)cc1. The average Bonchev–Trinajstić information content (AvgIpc) is 3.32. The molecule has 4 rings (SSSR count). The molecular weight excluding hydrogens is 428 g/mol. The van der Waals surface area contributed by atoms with Crippen molar-refractivity contribution in [3.05, 3.63) is 102 Å². The number of carbonyl (C=O) groups excluding carboxylic acids is 1. The highest BCUT2D eigenvalue weighted by Crippen LogP contribution is 2.16. The Morgan fingerprint density at radius 3 is 2.22 bits per heavy atom. The molecule has 0 fully saturated rings. The fraction of sp³-hybridized carbons (Fsp3) is 0.0909. The van der Waals surface area contributed by atoms with Crippen molar-refractivity contribution in [2.75, 3.05) is 4.72 Å². The third kappa shape index (κ3) is 5.35. The molecule has 0 aliphatic carbocycles. The van der Waals surface area contributed by atoms with Gasteiger partial charge < -0.3 is 5.32 Å². The maximum atomic E-state index is 12.5. The molecule has 0 unspecified atom stereocenters. The highest BCUT2D eigenvalue weighted by molar-refractivity contribution is 7.92. The van der Waals surface area contributed by atoms with Gasteiger partial charge in [0.05, 0.1) is 17.1 Å². The van der Waals surface area contributed by atoms with Crippen LogP contribution >= 0.6 is 0 Å². The van der Waals surface area contributed by atoms with Gasteiger partial charge in [-0.1, -0.05) is 24.3 Å². The molecule has 0 saturated carbocycles. The van der Waals surface area contributed by atoms with Gasteiger partial charge in [0.25, 0.3) is 15.9 Å². The standard InChI is InChI=1S/C22H20N6O3S/c29-22(25-13-17-1-3-18(4-2-17)14-28-16-24-15-26-28)19-5-7-21(8-6-19)32(30,31)27-20-9-11-23-12-10-20/h1-12,15-16H,13-14H2,(H,23,27)(H,25,29). The second-order valence-corrected chi connectivity index (χ2v) is 8.64. The molecule has 0 radical (unpaired) electrons. The number of nitrogens with zero attached hydrogens (tertiary/aromatic N) is 4. The van der Waals surface area contributed by atoms with E-state index in [1.807, 2.05) is 24.3 Å². The summed E-state index contributed by atoms with van der Waals surface area (Å²) >= 11 is 0. The van der Waals surface area contributed by atoms with Crippen LogP contribution in [-0.2, 0) is 23.1 Å². The highest BCUT2D eigenvalue weighted by Gasteiger charge is 2.15. The Morgan fingerprint density at radius 2 is 1.56 bits per heavy atom. The highest BCUT2D eigenvalue weighted by atomic mass is 32.2. The fourth-order valence-corrected chi connectivity index (χ4v) is 4.03. The summed E-state index contributed by atoms with van der Waals surface area (Å²) in [6, 6.07) is 16.7. The predicted molar refractivity (Wildman–Crippen MR) is 118 cm³/mol. The summed E-state index contributed by atoms with van der Waals surface area (Å²) < 4.78 is 29.2. The first-order valence-corrected chi connectivity index (χ1v) is 11.2. The van der Waals surface area contributed by atoms with E-state index in [9.17, 15) is 13.2 Å². The van der Waals surface area contributed by atoms with Crippen molar-refractivity contribution in [1.29, 1.82) is 0 Å². The van der Waals surface area contributed by atoms with Crippen molar-refractivity contribution < 1.29 is 13.2 Å². The van der Waals surface area contributed by atoms with Crippen LogP contribution in [-0.4, -0.2) is 34.1 Å². The zero-order valence-electron chi connectivity index (χ0n) is 16.9. The van der Waals surface area contributed by atoms with Crippen LogP contribution in [0.3, 0.4) is 0 Å². The lowest BCUT2D eigenvalue weighted by Crippen LogP contribution is -2.23. The molecule has 32 heavy (non-hydrogen) atoms. The number of hydrogen-bond donors (Lipinski definition) is 2. The molecule has 2 aromatic carbocycles. The summed E-state index contributed by atoms with van der Waals surface area (Å²) in [7, 11) is -3.75. The van der Waals surface area contributed by atoms with Crippen molar-refractivity contribution in [3.8, 4) is 0 Å². The van der Waals surface area contributed by atoms with E-state index in [0.717, 1.165) is 11.1 Å². The van der Waals surface area contributed by atoms with Gasteiger partial charge in [-0.2, -0.15) is 5.10 Å². The molecule has 2 aromatic heterocycles. The molecule has 0 aliphatic rings. The molecule has 2 heterocycles. The molecular formula is C22H20N6O3S. The van der Waals surface area contributed by atoms with Crippen LogP contribution in [0.5, 0.6) is 0 Å². The van der Waals surface area contributed by atoms with E-state index in [0.29, 0.717) is 24.3 Å². The first-order chi connectivity index (χ1) is 15.5. The number of sulfonamides is 1. The fourth-order valence-electron chi connectivity index (χ4n) is 2.97. The predicted octanol–water partition coefficient (Wildman–Crippen LogP) is 2.45. The summed E-state index contributed by atoms with van der Waals surface area (Å²) in [6.45, 7) is 0.976. The number of nitrogens with one attached hydrogen (secondary N) is 2. The largest absolute Gasteiger partial charge is 0.348 e. The topological polar surface area (TPSA) is 119 Å². The minimum Gasteiger partial charge on any atom is -0.348 e. The van der Waals surface area contributed by atoms with Crippen molar-refractivity contribution >= 4 is 21.6 Å². The molecule has 10 heteroatoms. The van der Waals surface area contributed by atoms with Crippen LogP contribution in [0.4, 0.5) is 5.69 Å². The Kier molecular flexibility index (Phi) is 6.22. The third-order valence-electron chi connectivity index (χ3n) is 4.65. The summed E-state index contributed by atoms with van der Waals surface area (Å²) in [4.78, 5) is 20.3. The molecule has 162 valence electrons. The summed E-state index contributed by atoms with van der Waals surface area (Å²) in [5.74, 6) is -0.289. The van der Waals surface area contributed by atoms with Crippen molar-refractivity contribution in [3.63, 3.8) is 0 Å². The Labute approximate surface area is 185 Å². The quantitative estimate of drug-likeness (QED) is 0.427. The third-order valence-corrected chi connectivity index (χ3v) is 6.04. The van der Waals surface area contributed by atoms with E-state index in [-0.39, 0.29) is 10.8 Å². The van der Waals surface area contributed by atoms with Crippen molar-refractivity contribution in [2.24, 2.45) is 0 Å². The van der Waals surface area contributed by atoms with Gasteiger partial charge in [-0.15, -0.1) is 0 Å². The average molecular weight is 449 g/mol. The van der Waals surface area contributed by atoms with Crippen LogP contribution in [0, 0.1) is 0 Å². The van der Waals surface area contributed by atoms with E-state index in [2.05, 4.69) is 25.1 Å². The Bertz CT molecular complexity index is 1270. The molecule has 0 bridgehead atoms. The van der Waals surface area contributed by atoms with Gasteiger partial charge in [-0.3, -0.25) is 14.5 Å². The first kappa shape index (κ1) is 21.2. The van der Waals surface area contributed by atoms with Crippen molar-refractivity contribution in [2.45, 2.75) is 18.0 Å². The van der Waals surface area contributed by atoms with Gasteiger partial charge in [0, 0.05) is 24.5 Å². The lowest BCUT2D eigenvalue weighted by atomic mass is 10.1. The van der Waals surface area contributed by atoms with Crippen LogP contribution < -0.4 is 10.0 Å². The van der Waals surface area contributed by atoms with Crippen molar-refractivity contribution in [1.82, 2.24) is 25.1 Å². The molecule has 1 amide bonds. The number of rotatable bonds is 8. The Morgan fingerprint density at radius 1 is 0.875 bits per heavy atom. The normalized spacial score (nSPS) is 11.1. The number of pyridine rings is 1. The maximum Gasteiger partial charge on any atom is 0.261 e. The second kappa shape index (κ2) is 9.40. The molecule has 0 spiro atoms. The molecule has 9 nitrogen and oxygen atoms in total. The van der Waals surface area contributed by atoms with E-state index in [1.165, 1.54) is 43.0 Å². The molecule has 0 aliphatic heterocycles. The monoisotopic (exact) mass is 448 g/mol. The van der Waals surface area contributed by atoms with Gasteiger partial charge in [0.2, 0.25) is 0 Å². The number of aromatic nitrogens is 4. The summed E-state index contributed by atoms with van der Waals surface area (Å²) in [5.41, 5.74) is 2.80. The number of anilines is 1. The van der Waals surface area contributed by atoms with E-state index in [1.54, 1.807) is 23.1 Å². The minimum atomic E-state index is -3.75. The lowest BCUT2D eigenvalue weighted by Gasteiger charge is -2.09. The van der Waals surface area contributed by atoms with Crippen LogP contribution in [0.25, 0.3) is 0 Å². The number of benzene rings is 2. The smallest absolute Gasteiger partial charge is 0.261 e. The van der Waals surface area contributed by atoms with Crippen LogP contribution in [0.15, 0.2) is 90.6 Å². The molecule has 2 N–H and O–H groups in total. The maximum absolute atomic E-state index is 12.5. The van der Waals surface area contributed by atoms with Crippen LogP contribution in [0.1, 0.15) is 21.5 Å².